The largest absolute Gasteiger partial charge is 0.388 e. The van der Waals surface area contributed by atoms with E-state index in [4.69, 9.17) is 9.47 Å². The van der Waals surface area contributed by atoms with Gasteiger partial charge < -0.3 is 24.8 Å². The van der Waals surface area contributed by atoms with E-state index in [9.17, 15) is 19.7 Å². The average molecular weight is 394 g/mol. The number of hydrogen-bond acceptors (Lipinski definition) is 6. The fraction of sp³-hybridized carbons (Fsp3) is 0.500. The molecule has 1 aromatic carbocycles. The normalized spacial score (nSPS) is 32.8. The smallest absolute Gasteiger partial charge is 0.225 e. The molecule has 3 N–H and O–H groups in total. The van der Waals surface area contributed by atoms with Crippen LogP contribution in [0.4, 0.5) is 4.39 Å². The van der Waals surface area contributed by atoms with Crippen molar-refractivity contribution in [1.82, 2.24) is 0 Å². The van der Waals surface area contributed by atoms with Crippen LogP contribution in [-0.2, 0) is 34.7 Å². The summed E-state index contributed by atoms with van der Waals surface area (Å²) in [5, 5.41) is 30.8. The minimum Gasteiger partial charge on any atom is -0.388 e. The molecule has 4 rings (SSSR count). The van der Waals surface area contributed by atoms with Gasteiger partial charge in [-0.05, 0) is 48.7 Å². The van der Waals surface area contributed by atoms with Gasteiger partial charge in [0.05, 0.1) is 12.7 Å². The third-order valence-electron chi connectivity index (χ3n) is 5.42. The maximum absolute atomic E-state index is 14.6. The lowest BCUT2D eigenvalue weighted by Gasteiger charge is -2.45. The number of halogens is 1. The number of hydrogen-bond donors (Lipinski definition) is 3. The van der Waals surface area contributed by atoms with Crippen LogP contribution >= 0.6 is 11.3 Å². The van der Waals surface area contributed by atoms with Crippen LogP contribution in [0.1, 0.15) is 40.3 Å². The number of aliphatic hydroxyl groups is 3. The van der Waals surface area contributed by atoms with Crippen molar-refractivity contribution in [2.75, 3.05) is 0 Å². The van der Waals surface area contributed by atoms with Gasteiger partial charge >= 0.3 is 0 Å². The zero-order valence-corrected chi connectivity index (χ0v) is 16.0. The lowest BCUT2D eigenvalue weighted by atomic mass is 9.87. The Bertz CT molecular complexity index is 853. The van der Waals surface area contributed by atoms with Gasteiger partial charge in [-0.1, -0.05) is 6.92 Å². The molecule has 1 saturated heterocycles. The van der Waals surface area contributed by atoms with E-state index in [2.05, 4.69) is 6.92 Å². The molecule has 0 saturated carbocycles. The van der Waals surface area contributed by atoms with Crippen LogP contribution in [-0.4, -0.2) is 39.7 Å². The van der Waals surface area contributed by atoms with Crippen LogP contribution in [0.2, 0.25) is 0 Å². The molecule has 146 valence electrons. The molecule has 0 amide bonds. The molecule has 2 aliphatic heterocycles. The zero-order chi connectivity index (χ0) is 19.3. The van der Waals surface area contributed by atoms with Crippen LogP contribution in [0.5, 0.6) is 0 Å². The molecule has 2 aliphatic rings. The van der Waals surface area contributed by atoms with Crippen LogP contribution in [0.3, 0.4) is 0 Å². The SMILES string of the molecule is CCc1ccc(Cc2cc3c(cc2F)CO[C@]32O[C@H](C)[C@@H](O)[C@H](O)[C@H]2O)s1. The summed E-state index contributed by atoms with van der Waals surface area (Å²) in [5.74, 6) is -1.93. The van der Waals surface area contributed by atoms with Gasteiger partial charge in [-0.25, -0.2) is 4.39 Å². The Morgan fingerprint density at radius 1 is 1.19 bits per heavy atom. The lowest BCUT2D eigenvalue weighted by molar-refractivity contribution is -0.362. The van der Waals surface area contributed by atoms with E-state index in [1.165, 1.54) is 10.9 Å². The van der Waals surface area contributed by atoms with Gasteiger partial charge in [0.15, 0.2) is 0 Å². The summed E-state index contributed by atoms with van der Waals surface area (Å²) in [5.41, 5.74) is 1.56. The molecule has 2 aromatic rings. The topological polar surface area (TPSA) is 79.2 Å². The number of aliphatic hydroxyl groups excluding tert-OH is 3. The minimum atomic E-state index is -1.60. The molecule has 1 fully saturated rings. The summed E-state index contributed by atoms with van der Waals surface area (Å²) in [6.07, 6.45) is -3.50. The van der Waals surface area contributed by atoms with E-state index in [0.29, 0.717) is 23.1 Å². The van der Waals surface area contributed by atoms with Gasteiger partial charge in [0, 0.05) is 21.7 Å². The molecule has 1 aromatic heterocycles. The number of aryl methyl sites for hydroxylation is 1. The Morgan fingerprint density at radius 3 is 2.63 bits per heavy atom. The molecular formula is C20H23FO5S. The van der Waals surface area contributed by atoms with Crippen molar-refractivity contribution in [1.29, 1.82) is 0 Å². The fourth-order valence-corrected chi connectivity index (χ4v) is 4.82. The van der Waals surface area contributed by atoms with Crippen molar-refractivity contribution in [3.05, 3.63) is 56.5 Å². The monoisotopic (exact) mass is 394 g/mol. The predicted molar refractivity (Wildman–Crippen MR) is 97.9 cm³/mol. The van der Waals surface area contributed by atoms with E-state index in [0.717, 1.165) is 11.3 Å². The third-order valence-corrected chi connectivity index (χ3v) is 6.65. The molecule has 7 heteroatoms. The summed E-state index contributed by atoms with van der Waals surface area (Å²) in [7, 11) is 0. The Kier molecular flexibility index (Phi) is 4.86. The Balaban J connectivity index is 1.72. The van der Waals surface area contributed by atoms with E-state index in [1.54, 1.807) is 24.3 Å². The molecule has 0 bridgehead atoms. The maximum Gasteiger partial charge on any atom is 0.225 e. The highest BCUT2D eigenvalue weighted by Crippen LogP contribution is 2.46. The van der Waals surface area contributed by atoms with E-state index >= 15 is 0 Å². The molecule has 27 heavy (non-hydrogen) atoms. The molecule has 0 unspecified atom stereocenters. The number of fused-ring (bicyclic) bond motifs is 2. The van der Waals surface area contributed by atoms with Gasteiger partial charge in [0.2, 0.25) is 5.79 Å². The Hall–Kier alpha value is -1.35. The first-order valence-corrected chi connectivity index (χ1v) is 9.92. The summed E-state index contributed by atoms with van der Waals surface area (Å²) >= 11 is 1.65. The molecule has 5 nitrogen and oxygen atoms in total. The summed E-state index contributed by atoms with van der Waals surface area (Å²) in [6.45, 7) is 3.75. The van der Waals surface area contributed by atoms with Crippen molar-refractivity contribution in [3.63, 3.8) is 0 Å². The Labute approximate surface area is 161 Å². The molecule has 1 spiro atoms. The van der Waals surface area contributed by atoms with Crippen LogP contribution in [0.15, 0.2) is 24.3 Å². The molecule has 5 atom stereocenters. The lowest BCUT2D eigenvalue weighted by Crippen LogP contribution is -2.62. The van der Waals surface area contributed by atoms with Crippen molar-refractivity contribution in [2.24, 2.45) is 0 Å². The van der Waals surface area contributed by atoms with Crippen molar-refractivity contribution in [3.8, 4) is 0 Å². The average Bonchev–Trinajstić information content (AvgIpc) is 3.24. The van der Waals surface area contributed by atoms with Crippen molar-refractivity contribution >= 4 is 11.3 Å². The van der Waals surface area contributed by atoms with E-state index in [-0.39, 0.29) is 12.4 Å². The van der Waals surface area contributed by atoms with Crippen LogP contribution in [0.25, 0.3) is 0 Å². The number of ether oxygens (including phenoxy) is 2. The summed E-state index contributed by atoms with van der Waals surface area (Å²) < 4.78 is 26.2. The number of benzene rings is 1. The van der Waals surface area contributed by atoms with Gasteiger partial charge in [-0.15, -0.1) is 11.3 Å². The quantitative estimate of drug-likeness (QED) is 0.744. The van der Waals surface area contributed by atoms with Crippen LogP contribution < -0.4 is 0 Å². The first kappa shape index (κ1) is 19.0. The van der Waals surface area contributed by atoms with Crippen LogP contribution in [0, 0.1) is 5.82 Å². The molecule has 0 aliphatic carbocycles. The van der Waals surface area contributed by atoms with Gasteiger partial charge in [0.1, 0.15) is 24.1 Å². The highest BCUT2D eigenvalue weighted by Gasteiger charge is 2.57. The minimum absolute atomic E-state index is 0.0676. The standard InChI is InChI=1S/C20H23FO5S/c1-3-13-4-5-14(27-13)6-11-7-15-12(8-16(11)21)9-25-20(15)19(24)18(23)17(22)10(2)26-20/h4-5,7-8,10,17-19,22-24H,3,6,9H2,1-2H3/t10-,17-,18+,19-,20+/m1/s1. The molecule has 0 radical (unpaired) electrons. The summed E-state index contributed by atoms with van der Waals surface area (Å²) in [4.78, 5) is 2.29. The van der Waals surface area contributed by atoms with E-state index < -0.39 is 30.2 Å². The molecular weight excluding hydrogens is 371 g/mol. The predicted octanol–water partition coefficient (Wildman–Crippen LogP) is 2.22. The second-order valence-corrected chi connectivity index (χ2v) is 8.46. The number of thiophene rings is 1. The fourth-order valence-electron chi connectivity index (χ4n) is 3.84. The highest BCUT2D eigenvalue weighted by atomic mass is 32.1. The maximum atomic E-state index is 14.6. The second kappa shape index (κ2) is 6.92. The van der Waals surface area contributed by atoms with Crippen molar-refractivity contribution in [2.45, 2.75) is 63.5 Å². The number of rotatable bonds is 3. The Morgan fingerprint density at radius 2 is 1.93 bits per heavy atom. The van der Waals surface area contributed by atoms with Gasteiger partial charge in [0.25, 0.3) is 0 Å². The van der Waals surface area contributed by atoms with Crippen molar-refractivity contribution < 1.29 is 29.2 Å². The first-order valence-electron chi connectivity index (χ1n) is 9.11. The first-order chi connectivity index (χ1) is 12.9. The highest BCUT2D eigenvalue weighted by molar-refractivity contribution is 7.12. The van der Waals surface area contributed by atoms with E-state index in [1.807, 2.05) is 12.1 Å². The molecule has 3 heterocycles. The van der Waals surface area contributed by atoms with Gasteiger partial charge in [-0.3, -0.25) is 0 Å². The zero-order valence-electron chi connectivity index (χ0n) is 15.2. The van der Waals surface area contributed by atoms with Gasteiger partial charge in [-0.2, -0.15) is 0 Å². The third kappa shape index (κ3) is 3.03. The summed E-state index contributed by atoms with van der Waals surface area (Å²) in [6, 6.07) is 7.11. The second-order valence-electron chi connectivity index (χ2n) is 7.20.